The zero-order valence-electron chi connectivity index (χ0n) is 10.0. The fourth-order valence-corrected chi connectivity index (χ4v) is 1.54. The lowest BCUT2D eigenvalue weighted by Crippen LogP contribution is -2.11. The SMILES string of the molecule is CC(C)Oc1ccc([C@H](N)CCCO)cc1. The van der Waals surface area contributed by atoms with Crippen molar-refractivity contribution >= 4 is 0 Å². The van der Waals surface area contributed by atoms with Crippen molar-refractivity contribution in [1.29, 1.82) is 0 Å². The molecule has 0 saturated heterocycles. The van der Waals surface area contributed by atoms with Gasteiger partial charge in [-0.3, -0.25) is 0 Å². The van der Waals surface area contributed by atoms with Gasteiger partial charge < -0.3 is 15.6 Å². The molecule has 3 heteroatoms. The molecule has 3 N–H and O–H groups in total. The lowest BCUT2D eigenvalue weighted by Gasteiger charge is -2.13. The Hall–Kier alpha value is -1.06. The van der Waals surface area contributed by atoms with Crippen LogP contribution in [0.2, 0.25) is 0 Å². The minimum absolute atomic E-state index is 0.000231. The molecule has 0 heterocycles. The van der Waals surface area contributed by atoms with E-state index < -0.39 is 0 Å². The molecule has 0 saturated carbocycles. The Bertz CT molecular complexity index is 295. The summed E-state index contributed by atoms with van der Waals surface area (Å²) >= 11 is 0. The lowest BCUT2D eigenvalue weighted by molar-refractivity contribution is 0.242. The van der Waals surface area contributed by atoms with Gasteiger partial charge in [0.05, 0.1) is 6.10 Å². The summed E-state index contributed by atoms with van der Waals surface area (Å²) < 4.78 is 5.55. The van der Waals surface area contributed by atoms with Gasteiger partial charge in [0.2, 0.25) is 0 Å². The maximum Gasteiger partial charge on any atom is 0.119 e. The average Bonchev–Trinajstić information content (AvgIpc) is 2.26. The maximum absolute atomic E-state index is 8.73. The number of benzene rings is 1. The van der Waals surface area contributed by atoms with Crippen LogP contribution in [0.1, 0.15) is 38.3 Å². The summed E-state index contributed by atoms with van der Waals surface area (Å²) in [6.45, 7) is 4.20. The third kappa shape index (κ3) is 4.21. The van der Waals surface area contributed by atoms with Crippen LogP contribution in [0.5, 0.6) is 5.75 Å². The minimum Gasteiger partial charge on any atom is -0.491 e. The van der Waals surface area contributed by atoms with Crippen molar-refractivity contribution in [3.05, 3.63) is 29.8 Å². The molecule has 0 aliphatic carbocycles. The molecule has 0 aromatic heterocycles. The number of nitrogens with two attached hydrogens (primary N) is 1. The van der Waals surface area contributed by atoms with Gasteiger partial charge in [-0.05, 0) is 44.4 Å². The van der Waals surface area contributed by atoms with Crippen LogP contribution in [-0.4, -0.2) is 17.8 Å². The Morgan fingerprint density at radius 1 is 1.25 bits per heavy atom. The van der Waals surface area contributed by atoms with Crippen LogP contribution >= 0.6 is 0 Å². The molecule has 0 aliphatic rings. The molecule has 1 aromatic carbocycles. The Morgan fingerprint density at radius 3 is 2.38 bits per heavy atom. The molecule has 90 valence electrons. The molecule has 0 unspecified atom stereocenters. The van der Waals surface area contributed by atoms with Gasteiger partial charge in [0, 0.05) is 12.6 Å². The fourth-order valence-electron chi connectivity index (χ4n) is 1.54. The third-order valence-corrected chi connectivity index (χ3v) is 2.35. The highest BCUT2D eigenvalue weighted by Crippen LogP contribution is 2.20. The summed E-state index contributed by atoms with van der Waals surface area (Å²) in [4.78, 5) is 0. The predicted molar refractivity (Wildman–Crippen MR) is 65.5 cm³/mol. The summed E-state index contributed by atoms with van der Waals surface area (Å²) in [5.41, 5.74) is 7.07. The van der Waals surface area contributed by atoms with E-state index >= 15 is 0 Å². The third-order valence-electron chi connectivity index (χ3n) is 2.35. The van der Waals surface area contributed by atoms with Crippen LogP contribution < -0.4 is 10.5 Å². The van der Waals surface area contributed by atoms with Gasteiger partial charge in [0.25, 0.3) is 0 Å². The Labute approximate surface area is 97.2 Å². The standard InChI is InChI=1S/C13H21NO2/c1-10(2)16-12-7-5-11(6-8-12)13(14)4-3-9-15/h5-8,10,13,15H,3-4,9,14H2,1-2H3/t13-/m1/s1. The van der Waals surface area contributed by atoms with Gasteiger partial charge in [-0.1, -0.05) is 12.1 Å². The van der Waals surface area contributed by atoms with Crippen molar-refractivity contribution < 1.29 is 9.84 Å². The largest absolute Gasteiger partial charge is 0.491 e. The molecule has 1 rings (SSSR count). The van der Waals surface area contributed by atoms with Gasteiger partial charge in [0.15, 0.2) is 0 Å². The smallest absolute Gasteiger partial charge is 0.119 e. The molecule has 0 amide bonds. The molecule has 3 nitrogen and oxygen atoms in total. The zero-order chi connectivity index (χ0) is 12.0. The van der Waals surface area contributed by atoms with Crippen LogP contribution in [0.4, 0.5) is 0 Å². The first kappa shape index (κ1) is 13.0. The minimum atomic E-state index is 0.000231. The van der Waals surface area contributed by atoms with Crippen LogP contribution in [0.15, 0.2) is 24.3 Å². The first-order valence-electron chi connectivity index (χ1n) is 5.76. The molecule has 0 spiro atoms. The highest BCUT2D eigenvalue weighted by molar-refractivity contribution is 5.29. The molecule has 16 heavy (non-hydrogen) atoms. The zero-order valence-corrected chi connectivity index (χ0v) is 10.0. The Balaban J connectivity index is 2.56. The number of aliphatic hydroxyl groups excluding tert-OH is 1. The molecule has 1 aromatic rings. The topological polar surface area (TPSA) is 55.5 Å². The quantitative estimate of drug-likeness (QED) is 0.777. The van der Waals surface area contributed by atoms with E-state index in [1.807, 2.05) is 38.1 Å². The van der Waals surface area contributed by atoms with E-state index in [9.17, 15) is 0 Å². The first-order valence-corrected chi connectivity index (χ1v) is 5.76. The van der Waals surface area contributed by atoms with E-state index in [2.05, 4.69) is 0 Å². The molecular weight excluding hydrogens is 202 g/mol. The number of ether oxygens (including phenoxy) is 1. The van der Waals surface area contributed by atoms with Crippen molar-refractivity contribution in [3.63, 3.8) is 0 Å². The number of rotatable bonds is 6. The summed E-state index contributed by atoms with van der Waals surface area (Å²) in [5.74, 6) is 0.869. The molecular formula is C13H21NO2. The molecule has 0 fully saturated rings. The highest BCUT2D eigenvalue weighted by atomic mass is 16.5. The maximum atomic E-state index is 8.73. The predicted octanol–water partition coefficient (Wildman–Crippen LogP) is 2.25. The number of hydrogen-bond donors (Lipinski definition) is 2. The summed E-state index contributed by atoms with van der Waals surface area (Å²) in [5, 5.41) is 8.73. The summed E-state index contributed by atoms with van der Waals surface area (Å²) in [6.07, 6.45) is 1.74. The van der Waals surface area contributed by atoms with Gasteiger partial charge in [0.1, 0.15) is 5.75 Å². The Morgan fingerprint density at radius 2 is 1.88 bits per heavy atom. The first-order chi connectivity index (χ1) is 7.63. The van der Waals surface area contributed by atoms with E-state index in [0.29, 0.717) is 0 Å². The molecule has 0 bridgehead atoms. The average molecular weight is 223 g/mol. The van der Waals surface area contributed by atoms with E-state index in [1.54, 1.807) is 0 Å². The van der Waals surface area contributed by atoms with Crippen LogP contribution in [0.25, 0.3) is 0 Å². The molecule has 0 radical (unpaired) electrons. The van der Waals surface area contributed by atoms with Gasteiger partial charge in [-0.25, -0.2) is 0 Å². The normalized spacial score (nSPS) is 12.8. The number of hydrogen-bond acceptors (Lipinski definition) is 3. The molecule has 1 atom stereocenters. The summed E-state index contributed by atoms with van der Waals surface area (Å²) in [6, 6.07) is 7.85. The molecule has 0 aliphatic heterocycles. The van der Waals surface area contributed by atoms with E-state index in [-0.39, 0.29) is 18.8 Å². The van der Waals surface area contributed by atoms with Gasteiger partial charge in [-0.15, -0.1) is 0 Å². The fraction of sp³-hybridized carbons (Fsp3) is 0.538. The number of aliphatic hydroxyl groups is 1. The monoisotopic (exact) mass is 223 g/mol. The van der Waals surface area contributed by atoms with Crippen molar-refractivity contribution in [2.75, 3.05) is 6.61 Å². The van der Waals surface area contributed by atoms with Crippen LogP contribution in [0, 0.1) is 0 Å². The van der Waals surface area contributed by atoms with E-state index in [0.717, 1.165) is 24.2 Å². The van der Waals surface area contributed by atoms with Crippen molar-refractivity contribution in [2.24, 2.45) is 5.73 Å². The van der Waals surface area contributed by atoms with Crippen molar-refractivity contribution in [2.45, 2.75) is 38.8 Å². The lowest BCUT2D eigenvalue weighted by atomic mass is 10.0. The van der Waals surface area contributed by atoms with Crippen molar-refractivity contribution in [1.82, 2.24) is 0 Å². The Kier molecular flexibility index (Phi) is 5.29. The van der Waals surface area contributed by atoms with E-state index in [4.69, 9.17) is 15.6 Å². The second-order valence-corrected chi connectivity index (χ2v) is 4.21. The van der Waals surface area contributed by atoms with Crippen LogP contribution in [-0.2, 0) is 0 Å². The second-order valence-electron chi connectivity index (χ2n) is 4.21. The summed E-state index contributed by atoms with van der Waals surface area (Å²) in [7, 11) is 0. The van der Waals surface area contributed by atoms with Crippen LogP contribution in [0.3, 0.4) is 0 Å². The van der Waals surface area contributed by atoms with Crippen molar-refractivity contribution in [3.8, 4) is 5.75 Å². The highest BCUT2D eigenvalue weighted by Gasteiger charge is 2.05. The van der Waals surface area contributed by atoms with Gasteiger partial charge in [-0.2, -0.15) is 0 Å². The second kappa shape index (κ2) is 6.51. The van der Waals surface area contributed by atoms with E-state index in [1.165, 1.54) is 0 Å². The van der Waals surface area contributed by atoms with Gasteiger partial charge >= 0.3 is 0 Å².